The smallest absolute Gasteiger partial charge is 0.0642 e. The Hall–Kier alpha value is -1.52. The molecule has 0 saturated carbocycles. The summed E-state index contributed by atoms with van der Waals surface area (Å²) in [6.45, 7) is 4.70. The van der Waals surface area contributed by atoms with Crippen LogP contribution in [0.3, 0.4) is 0 Å². The van der Waals surface area contributed by atoms with Crippen molar-refractivity contribution in [3.05, 3.63) is 46.7 Å². The summed E-state index contributed by atoms with van der Waals surface area (Å²) in [5, 5.41) is 8.27. The van der Waals surface area contributed by atoms with Crippen LogP contribution in [0.2, 0.25) is 5.02 Å². The summed E-state index contributed by atoms with van der Waals surface area (Å²) < 4.78 is 1.81. The number of anilines is 1. The van der Waals surface area contributed by atoms with E-state index < -0.39 is 0 Å². The minimum atomic E-state index is 0.784. The normalized spacial score (nSPS) is 10.8. The van der Waals surface area contributed by atoms with Crippen molar-refractivity contribution in [3.8, 4) is 0 Å². The molecule has 2 aromatic rings. The predicted octanol–water partition coefficient (Wildman–Crippen LogP) is 2.82. The quantitative estimate of drug-likeness (QED) is 0.889. The van der Waals surface area contributed by atoms with Crippen LogP contribution < -0.4 is 10.2 Å². The molecule has 0 atom stereocenters. The second-order valence-electron chi connectivity index (χ2n) is 4.94. The number of halogens is 1. The first-order valence-corrected chi connectivity index (χ1v) is 7.15. The van der Waals surface area contributed by atoms with Crippen molar-refractivity contribution < 1.29 is 0 Å². The summed E-state index contributed by atoms with van der Waals surface area (Å²) in [5.74, 6) is 0. The largest absolute Gasteiger partial charge is 0.369 e. The molecule has 0 aliphatic carbocycles. The van der Waals surface area contributed by atoms with Crippen LogP contribution >= 0.6 is 11.6 Å². The Kier molecular flexibility index (Phi) is 5.04. The number of aryl methyl sites for hydroxylation is 1. The zero-order valence-electron chi connectivity index (χ0n) is 12.2. The van der Waals surface area contributed by atoms with Crippen LogP contribution in [0.15, 0.2) is 30.6 Å². The van der Waals surface area contributed by atoms with Crippen LogP contribution in [0, 0.1) is 0 Å². The van der Waals surface area contributed by atoms with Crippen molar-refractivity contribution in [1.29, 1.82) is 0 Å². The van der Waals surface area contributed by atoms with Gasteiger partial charge in [0.2, 0.25) is 0 Å². The molecule has 20 heavy (non-hydrogen) atoms. The lowest BCUT2D eigenvalue weighted by molar-refractivity contribution is 0.726. The van der Waals surface area contributed by atoms with Gasteiger partial charge >= 0.3 is 0 Å². The van der Waals surface area contributed by atoms with E-state index in [0.717, 1.165) is 30.3 Å². The predicted molar refractivity (Wildman–Crippen MR) is 84.1 cm³/mol. The van der Waals surface area contributed by atoms with Crippen molar-refractivity contribution in [2.24, 2.45) is 7.05 Å². The van der Waals surface area contributed by atoms with E-state index in [2.05, 4.69) is 34.4 Å². The van der Waals surface area contributed by atoms with E-state index >= 15 is 0 Å². The van der Waals surface area contributed by atoms with E-state index in [0.29, 0.717) is 0 Å². The lowest BCUT2D eigenvalue weighted by Crippen LogP contribution is -2.17. The first-order chi connectivity index (χ1) is 9.60. The fraction of sp³-hybridized carbons (Fsp3) is 0.400. The lowest BCUT2D eigenvalue weighted by Gasteiger charge is -2.20. The Balaban J connectivity index is 2.07. The van der Waals surface area contributed by atoms with Gasteiger partial charge in [0, 0.05) is 38.9 Å². The maximum atomic E-state index is 6.38. The van der Waals surface area contributed by atoms with Gasteiger partial charge in [-0.3, -0.25) is 4.68 Å². The van der Waals surface area contributed by atoms with E-state index in [4.69, 9.17) is 11.6 Å². The Labute approximate surface area is 125 Å². The van der Waals surface area contributed by atoms with Crippen molar-refractivity contribution in [2.45, 2.75) is 20.0 Å². The number of benzene rings is 1. The van der Waals surface area contributed by atoms with Gasteiger partial charge in [-0.2, -0.15) is 5.10 Å². The van der Waals surface area contributed by atoms with Crippen molar-refractivity contribution >= 4 is 17.3 Å². The van der Waals surface area contributed by atoms with E-state index in [-0.39, 0.29) is 0 Å². The summed E-state index contributed by atoms with van der Waals surface area (Å²) in [6, 6.07) is 6.22. The first kappa shape index (κ1) is 14.9. The van der Waals surface area contributed by atoms with Crippen LogP contribution in [0.25, 0.3) is 0 Å². The molecule has 4 nitrogen and oxygen atoms in total. The molecule has 5 heteroatoms. The number of nitrogens with zero attached hydrogens (tertiary/aromatic N) is 3. The molecular formula is C15H21ClN4. The third kappa shape index (κ3) is 3.74. The molecule has 0 fully saturated rings. The van der Waals surface area contributed by atoms with E-state index in [9.17, 15) is 0 Å². The van der Waals surface area contributed by atoms with Gasteiger partial charge in [-0.15, -0.1) is 0 Å². The summed E-state index contributed by atoms with van der Waals surface area (Å²) in [7, 11) is 3.96. The molecule has 1 N–H and O–H groups in total. The van der Waals surface area contributed by atoms with E-state index in [1.165, 1.54) is 11.1 Å². The van der Waals surface area contributed by atoms with Crippen LogP contribution in [0.4, 0.5) is 5.69 Å². The average Bonchev–Trinajstić information content (AvgIpc) is 2.81. The molecule has 0 spiro atoms. The molecule has 0 amide bonds. The molecule has 1 aromatic heterocycles. The summed E-state index contributed by atoms with van der Waals surface area (Å²) in [6.07, 6.45) is 3.90. The van der Waals surface area contributed by atoms with Gasteiger partial charge in [-0.25, -0.2) is 0 Å². The first-order valence-electron chi connectivity index (χ1n) is 6.78. The molecule has 0 aliphatic heterocycles. The van der Waals surface area contributed by atoms with Gasteiger partial charge in [0.05, 0.1) is 16.9 Å². The van der Waals surface area contributed by atoms with E-state index in [1.54, 1.807) is 0 Å². The molecular weight excluding hydrogens is 272 g/mol. The maximum Gasteiger partial charge on any atom is 0.0642 e. The van der Waals surface area contributed by atoms with Gasteiger partial charge in [-0.1, -0.05) is 24.6 Å². The number of rotatable bonds is 6. The monoisotopic (exact) mass is 292 g/mol. The lowest BCUT2D eigenvalue weighted by atomic mass is 10.2. The zero-order valence-corrected chi connectivity index (χ0v) is 13.0. The van der Waals surface area contributed by atoms with Crippen LogP contribution in [-0.4, -0.2) is 23.4 Å². The van der Waals surface area contributed by atoms with Gasteiger partial charge in [0.1, 0.15) is 0 Å². The second-order valence-corrected chi connectivity index (χ2v) is 5.35. The molecule has 2 rings (SSSR count). The summed E-state index contributed by atoms with van der Waals surface area (Å²) in [4.78, 5) is 2.14. The van der Waals surface area contributed by atoms with Crippen molar-refractivity contribution in [3.63, 3.8) is 0 Å². The van der Waals surface area contributed by atoms with Gasteiger partial charge in [-0.05, 0) is 24.2 Å². The molecule has 0 aliphatic rings. The highest BCUT2D eigenvalue weighted by Crippen LogP contribution is 2.27. The Morgan fingerprint density at radius 3 is 2.75 bits per heavy atom. The molecule has 0 unspecified atom stereocenters. The number of hydrogen-bond donors (Lipinski definition) is 1. The summed E-state index contributed by atoms with van der Waals surface area (Å²) >= 11 is 6.38. The number of aromatic nitrogens is 2. The van der Waals surface area contributed by atoms with Crippen LogP contribution in [-0.2, 0) is 20.1 Å². The molecule has 1 aromatic carbocycles. The number of hydrogen-bond acceptors (Lipinski definition) is 3. The molecule has 0 saturated heterocycles. The third-order valence-corrected chi connectivity index (χ3v) is 3.48. The average molecular weight is 293 g/mol. The highest BCUT2D eigenvalue weighted by atomic mass is 35.5. The minimum Gasteiger partial charge on any atom is -0.369 e. The van der Waals surface area contributed by atoms with Gasteiger partial charge < -0.3 is 10.2 Å². The molecule has 0 radical (unpaired) electrons. The topological polar surface area (TPSA) is 33.1 Å². The fourth-order valence-corrected chi connectivity index (χ4v) is 2.50. The minimum absolute atomic E-state index is 0.784. The number of nitrogens with one attached hydrogen (secondary N) is 1. The molecule has 1 heterocycles. The van der Waals surface area contributed by atoms with Crippen LogP contribution in [0.5, 0.6) is 0 Å². The molecule has 108 valence electrons. The second kappa shape index (κ2) is 6.77. The standard InChI is InChI=1S/C15H21ClN4/c1-4-17-8-12-5-6-15(14(16)7-12)19(2)10-13-9-18-20(3)11-13/h5-7,9,11,17H,4,8,10H2,1-3H3. The van der Waals surface area contributed by atoms with Crippen molar-refractivity contribution in [1.82, 2.24) is 15.1 Å². The van der Waals surface area contributed by atoms with Gasteiger partial charge in [0.25, 0.3) is 0 Å². The van der Waals surface area contributed by atoms with Gasteiger partial charge in [0.15, 0.2) is 0 Å². The zero-order chi connectivity index (χ0) is 14.5. The Morgan fingerprint density at radius 2 is 2.15 bits per heavy atom. The highest BCUT2D eigenvalue weighted by molar-refractivity contribution is 6.33. The maximum absolute atomic E-state index is 6.38. The third-order valence-electron chi connectivity index (χ3n) is 3.18. The van der Waals surface area contributed by atoms with E-state index in [1.807, 2.05) is 37.2 Å². The van der Waals surface area contributed by atoms with Crippen molar-refractivity contribution in [2.75, 3.05) is 18.5 Å². The Bertz CT molecular complexity index is 565. The molecule has 0 bridgehead atoms. The summed E-state index contributed by atoms with van der Waals surface area (Å²) in [5.41, 5.74) is 3.41. The SMILES string of the molecule is CCNCc1ccc(N(C)Cc2cnn(C)c2)c(Cl)c1. The highest BCUT2D eigenvalue weighted by Gasteiger charge is 2.08. The Morgan fingerprint density at radius 1 is 1.35 bits per heavy atom. The fourth-order valence-electron chi connectivity index (χ4n) is 2.15. The van der Waals surface area contributed by atoms with Crippen LogP contribution in [0.1, 0.15) is 18.1 Å².